The van der Waals surface area contributed by atoms with Gasteiger partial charge in [0.15, 0.2) is 0 Å². The van der Waals surface area contributed by atoms with Crippen LogP contribution in [0.2, 0.25) is 0 Å². The zero-order chi connectivity index (χ0) is 12.7. The van der Waals surface area contributed by atoms with Gasteiger partial charge in [-0.2, -0.15) is 0 Å². The first-order chi connectivity index (χ1) is 8.19. The molecular formula is C14H24N2O. The smallest absolute Gasteiger partial charge is 0.123 e. The quantitative estimate of drug-likeness (QED) is 0.786. The van der Waals surface area contributed by atoms with Crippen LogP contribution in [0.15, 0.2) is 24.3 Å². The number of rotatable bonds is 7. The molecule has 0 aromatic heterocycles. The largest absolute Gasteiger partial charge is 0.496 e. The number of ether oxygens (including phenoxy) is 1. The number of nitrogens with one attached hydrogen (secondary N) is 1. The molecule has 1 aromatic rings. The molecule has 0 saturated carbocycles. The summed E-state index contributed by atoms with van der Waals surface area (Å²) in [7, 11) is 5.91. The molecule has 0 saturated heterocycles. The van der Waals surface area contributed by atoms with Crippen molar-refractivity contribution in [2.75, 3.05) is 34.3 Å². The minimum atomic E-state index is 0.320. The standard InChI is InChI=1S/C14H24N2O/c1-5-10-15-13(11-16(2)3)12-8-6-7-9-14(12)17-4/h6-9,13,15H,5,10-11H2,1-4H3. The minimum absolute atomic E-state index is 0.320. The van der Waals surface area contributed by atoms with Crippen LogP contribution in [0.5, 0.6) is 5.75 Å². The lowest BCUT2D eigenvalue weighted by atomic mass is 10.1. The second kappa shape index (κ2) is 7.30. The van der Waals surface area contributed by atoms with E-state index < -0.39 is 0 Å². The number of nitrogens with zero attached hydrogens (tertiary/aromatic N) is 1. The van der Waals surface area contributed by atoms with Crippen LogP contribution in [-0.2, 0) is 0 Å². The maximum atomic E-state index is 5.43. The summed E-state index contributed by atoms with van der Waals surface area (Å²) in [5, 5.41) is 3.57. The Hall–Kier alpha value is -1.06. The lowest BCUT2D eigenvalue weighted by Gasteiger charge is -2.24. The number of benzene rings is 1. The molecule has 0 radical (unpaired) electrons. The van der Waals surface area contributed by atoms with E-state index in [1.54, 1.807) is 7.11 Å². The van der Waals surface area contributed by atoms with E-state index >= 15 is 0 Å². The fraction of sp³-hybridized carbons (Fsp3) is 0.571. The van der Waals surface area contributed by atoms with Crippen LogP contribution in [0.25, 0.3) is 0 Å². The molecule has 1 N–H and O–H groups in total. The Balaban J connectivity index is 2.86. The van der Waals surface area contributed by atoms with Gasteiger partial charge >= 0.3 is 0 Å². The van der Waals surface area contributed by atoms with Crippen molar-refractivity contribution in [1.29, 1.82) is 0 Å². The molecule has 1 unspecified atom stereocenters. The van der Waals surface area contributed by atoms with Crippen LogP contribution < -0.4 is 10.1 Å². The first-order valence-corrected chi connectivity index (χ1v) is 6.20. The zero-order valence-electron chi connectivity index (χ0n) is 11.4. The van der Waals surface area contributed by atoms with E-state index in [-0.39, 0.29) is 0 Å². The van der Waals surface area contributed by atoms with E-state index in [2.05, 4.69) is 43.4 Å². The van der Waals surface area contributed by atoms with E-state index in [1.165, 1.54) is 5.56 Å². The fourth-order valence-corrected chi connectivity index (χ4v) is 1.91. The monoisotopic (exact) mass is 236 g/mol. The van der Waals surface area contributed by atoms with Gasteiger partial charge in [-0.3, -0.25) is 0 Å². The number of methoxy groups -OCH3 is 1. The van der Waals surface area contributed by atoms with Crippen LogP contribution in [-0.4, -0.2) is 39.2 Å². The molecule has 17 heavy (non-hydrogen) atoms. The van der Waals surface area contributed by atoms with Crippen molar-refractivity contribution in [3.8, 4) is 5.75 Å². The molecule has 0 aliphatic carbocycles. The van der Waals surface area contributed by atoms with Crippen LogP contribution in [0.1, 0.15) is 24.9 Å². The van der Waals surface area contributed by atoms with Gasteiger partial charge in [-0.05, 0) is 33.1 Å². The maximum absolute atomic E-state index is 5.43. The molecule has 3 nitrogen and oxygen atoms in total. The lowest BCUT2D eigenvalue weighted by Crippen LogP contribution is -2.31. The molecule has 1 rings (SSSR count). The molecule has 96 valence electrons. The second-order valence-corrected chi connectivity index (χ2v) is 4.51. The number of hydrogen-bond acceptors (Lipinski definition) is 3. The lowest BCUT2D eigenvalue weighted by molar-refractivity contribution is 0.331. The Kier molecular flexibility index (Phi) is 6.01. The van der Waals surface area contributed by atoms with E-state index in [0.717, 1.165) is 25.3 Å². The summed E-state index contributed by atoms with van der Waals surface area (Å²) in [5.74, 6) is 0.961. The highest BCUT2D eigenvalue weighted by atomic mass is 16.5. The summed E-state index contributed by atoms with van der Waals surface area (Å²) < 4.78 is 5.43. The summed E-state index contributed by atoms with van der Waals surface area (Å²) in [4.78, 5) is 2.19. The van der Waals surface area contributed by atoms with Gasteiger partial charge in [-0.15, -0.1) is 0 Å². The predicted octanol–water partition coefficient (Wildman–Crippen LogP) is 2.30. The van der Waals surface area contributed by atoms with Crippen molar-refractivity contribution in [3.05, 3.63) is 29.8 Å². The number of para-hydroxylation sites is 1. The van der Waals surface area contributed by atoms with Gasteiger partial charge < -0.3 is 15.0 Å². The Morgan fingerprint density at radius 1 is 1.29 bits per heavy atom. The second-order valence-electron chi connectivity index (χ2n) is 4.51. The van der Waals surface area contributed by atoms with Crippen molar-refractivity contribution < 1.29 is 4.74 Å². The summed E-state index contributed by atoms with van der Waals surface area (Å²) in [5.41, 5.74) is 1.23. The molecule has 1 aromatic carbocycles. The first kappa shape index (κ1) is 14.0. The van der Waals surface area contributed by atoms with Gasteiger partial charge in [0.1, 0.15) is 5.75 Å². The summed E-state index contributed by atoms with van der Waals surface area (Å²) in [6.45, 7) is 4.18. The number of likely N-dealkylation sites (N-methyl/N-ethyl adjacent to an activating group) is 1. The van der Waals surface area contributed by atoms with Crippen LogP contribution >= 0.6 is 0 Å². The summed E-state index contributed by atoms with van der Waals surface area (Å²) in [6.07, 6.45) is 1.14. The highest BCUT2D eigenvalue weighted by molar-refractivity contribution is 5.36. The molecular weight excluding hydrogens is 212 g/mol. The molecule has 0 heterocycles. The Labute approximate surface area is 105 Å². The third-order valence-corrected chi connectivity index (χ3v) is 2.70. The highest BCUT2D eigenvalue weighted by Gasteiger charge is 2.15. The third kappa shape index (κ3) is 4.36. The Bertz CT molecular complexity index is 326. The minimum Gasteiger partial charge on any atom is -0.496 e. The van der Waals surface area contributed by atoms with Crippen LogP contribution in [0, 0.1) is 0 Å². The Morgan fingerprint density at radius 2 is 2.00 bits per heavy atom. The van der Waals surface area contributed by atoms with E-state index in [9.17, 15) is 0 Å². The van der Waals surface area contributed by atoms with Gasteiger partial charge in [-0.25, -0.2) is 0 Å². The average Bonchev–Trinajstić information content (AvgIpc) is 2.34. The maximum Gasteiger partial charge on any atom is 0.123 e. The fourth-order valence-electron chi connectivity index (χ4n) is 1.91. The molecule has 0 amide bonds. The summed E-state index contributed by atoms with van der Waals surface area (Å²) in [6, 6.07) is 8.55. The molecule has 0 aliphatic heterocycles. The van der Waals surface area contributed by atoms with Gasteiger partial charge in [0.2, 0.25) is 0 Å². The molecule has 0 fully saturated rings. The van der Waals surface area contributed by atoms with Crippen LogP contribution in [0.4, 0.5) is 0 Å². The average molecular weight is 236 g/mol. The van der Waals surface area contributed by atoms with Crippen molar-refractivity contribution in [3.63, 3.8) is 0 Å². The zero-order valence-corrected chi connectivity index (χ0v) is 11.4. The van der Waals surface area contributed by atoms with Gasteiger partial charge in [0.25, 0.3) is 0 Å². The topological polar surface area (TPSA) is 24.5 Å². The normalized spacial score (nSPS) is 12.8. The third-order valence-electron chi connectivity index (χ3n) is 2.70. The Morgan fingerprint density at radius 3 is 2.59 bits per heavy atom. The highest BCUT2D eigenvalue weighted by Crippen LogP contribution is 2.25. The van der Waals surface area contributed by atoms with Crippen molar-refractivity contribution in [2.45, 2.75) is 19.4 Å². The first-order valence-electron chi connectivity index (χ1n) is 6.20. The molecule has 0 bridgehead atoms. The van der Waals surface area contributed by atoms with Crippen molar-refractivity contribution >= 4 is 0 Å². The molecule has 3 heteroatoms. The number of hydrogen-bond donors (Lipinski definition) is 1. The predicted molar refractivity (Wildman–Crippen MR) is 72.6 cm³/mol. The van der Waals surface area contributed by atoms with Crippen LogP contribution in [0.3, 0.4) is 0 Å². The molecule has 0 spiro atoms. The van der Waals surface area contributed by atoms with E-state index in [4.69, 9.17) is 4.74 Å². The molecule has 0 aliphatic rings. The van der Waals surface area contributed by atoms with Gasteiger partial charge in [0, 0.05) is 18.2 Å². The van der Waals surface area contributed by atoms with Gasteiger partial charge in [0.05, 0.1) is 7.11 Å². The van der Waals surface area contributed by atoms with Crippen molar-refractivity contribution in [1.82, 2.24) is 10.2 Å². The van der Waals surface area contributed by atoms with Crippen molar-refractivity contribution in [2.24, 2.45) is 0 Å². The SMILES string of the molecule is CCCNC(CN(C)C)c1ccccc1OC. The van der Waals surface area contributed by atoms with E-state index in [1.807, 2.05) is 12.1 Å². The van der Waals surface area contributed by atoms with Gasteiger partial charge in [-0.1, -0.05) is 25.1 Å². The molecule has 1 atom stereocenters. The summed E-state index contributed by atoms with van der Waals surface area (Å²) >= 11 is 0. The van der Waals surface area contributed by atoms with E-state index in [0.29, 0.717) is 6.04 Å².